The minimum Gasteiger partial charge on any atom is -0.487 e. The maximum absolute atomic E-state index is 7.21. The Morgan fingerprint density at radius 2 is 1.41 bits per heavy atom. The number of aromatic nitrogens is 2. The Hall–Kier alpha value is -5.02. The topological polar surface area (TPSA) is 35.0 Å². The van der Waals surface area contributed by atoms with Gasteiger partial charge in [0, 0.05) is 34.8 Å². The third-order valence-electron chi connectivity index (χ3n) is 10.2. The molecule has 0 radical (unpaired) electrons. The third kappa shape index (κ3) is 3.33. The number of para-hydroxylation sites is 1. The Balaban J connectivity index is 1.29. The average Bonchev–Trinajstić information content (AvgIpc) is 3.35. The van der Waals surface area contributed by atoms with E-state index in [9.17, 15) is 0 Å². The number of fused-ring (bicyclic) bond motifs is 9. The molecular formula is C41H32N2O. The first kappa shape index (κ1) is 25.5. The summed E-state index contributed by atoms with van der Waals surface area (Å²) in [4.78, 5) is 10.3. The molecule has 3 aliphatic carbocycles. The SMILES string of the molecule is CC12CC=CC=C1C1(C3=C(CC(C)(c4nc(-c5ccccc5)nc5ccccc45)C=C3)O2)c2ccccc2-c2ccccc21. The number of rotatable bonds is 2. The van der Waals surface area contributed by atoms with Gasteiger partial charge in [-0.3, -0.25) is 0 Å². The average molecular weight is 569 g/mol. The van der Waals surface area contributed by atoms with Gasteiger partial charge in [-0.25, -0.2) is 9.97 Å². The van der Waals surface area contributed by atoms with Crippen molar-refractivity contribution >= 4 is 10.9 Å². The largest absolute Gasteiger partial charge is 0.487 e. The fourth-order valence-electron chi connectivity index (χ4n) is 8.26. The maximum Gasteiger partial charge on any atom is 0.160 e. The van der Waals surface area contributed by atoms with Gasteiger partial charge < -0.3 is 4.74 Å². The lowest BCUT2D eigenvalue weighted by molar-refractivity contribution is 0.0194. The predicted octanol–water partition coefficient (Wildman–Crippen LogP) is 9.41. The summed E-state index contributed by atoms with van der Waals surface area (Å²) in [6, 6.07) is 36.6. The second-order valence-corrected chi connectivity index (χ2v) is 12.9. The van der Waals surface area contributed by atoms with E-state index in [0.29, 0.717) is 6.42 Å². The summed E-state index contributed by atoms with van der Waals surface area (Å²) in [6.07, 6.45) is 13.1. The maximum atomic E-state index is 7.21. The predicted molar refractivity (Wildman–Crippen MR) is 177 cm³/mol. The van der Waals surface area contributed by atoms with Crippen LogP contribution in [0.4, 0.5) is 0 Å². The summed E-state index contributed by atoms with van der Waals surface area (Å²) in [5.74, 6) is 1.81. The van der Waals surface area contributed by atoms with Crippen LogP contribution in [0, 0.1) is 0 Å². The molecule has 2 atom stereocenters. The van der Waals surface area contributed by atoms with Gasteiger partial charge in [-0.15, -0.1) is 0 Å². The Bertz CT molecular complexity index is 2090. The Labute approximate surface area is 258 Å². The Morgan fingerprint density at radius 3 is 2.18 bits per heavy atom. The van der Waals surface area contributed by atoms with Gasteiger partial charge in [-0.05, 0) is 40.8 Å². The van der Waals surface area contributed by atoms with Crippen LogP contribution in [0.3, 0.4) is 0 Å². The molecular weight excluding hydrogens is 536 g/mol. The summed E-state index contributed by atoms with van der Waals surface area (Å²) in [5.41, 5.74) is 9.60. The van der Waals surface area contributed by atoms with Crippen molar-refractivity contribution in [3.05, 3.63) is 167 Å². The molecule has 1 aromatic heterocycles. The van der Waals surface area contributed by atoms with Crippen LogP contribution in [0.1, 0.15) is 43.5 Å². The van der Waals surface area contributed by atoms with Crippen molar-refractivity contribution in [2.75, 3.05) is 0 Å². The molecule has 1 spiro atoms. The summed E-state index contributed by atoms with van der Waals surface area (Å²) >= 11 is 0. The molecule has 2 unspecified atom stereocenters. The zero-order valence-corrected chi connectivity index (χ0v) is 24.9. The molecule has 4 aliphatic rings. The second-order valence-electron chi connectivity index (χ2n) is 12.9. The molecule has 0 saturated carbocycles. The highest BCUT2D eigenvalue weighted by atomic mass is 16.5. The van der Waals surface area contributed by atoms with Crippen molar-refractivity contribution in [1.82, 2.24) is 9.97 Å². The number of hydrogen-bond donors (Lipinski definition) is 0. The smallest absolute Gasteiger partial charge is 0.160 e. The summed E-state index contributed by atoms with van der Waals surface area (Å²) in [7, 11) is 0. The molecule has 0 fully saturated rings. The molecule has 0 saturated heterocycles. The number of nitrogens with zero attached hydrogens (tertiary/aromatic N) is 2. The molecule has 212 valence electrons. The first-order chi connectivity index (χ1) is 21.5. The van der Waals surface area contributed by atoms with Crippen molar-refractivity contribution in [2.24, 2.45) is 0 Å². The highest BCUT2D eigenvalue weighted by Gasteiger charge is 2.59. The normalized spacial score (nSPS) is 23.9. The first-order valence-corrected chi connectivity index (χ1v) is 15.5. The first-order valence-electron chi connectivity index (χ1n) is 15.5. The van der Waals surface area contributed by atoms with Crippen LogP contribution in [0.2, 0.25) is 0 Å². The van der Waals surface area contributed by atoms with E-state index in [4.69, 9.17) is 14.7 Å². The van der Waals surface area contributed by atoms with Gasteiger partial charge in [-0.1, -0.05) is 134 Å². The molecule has 5 aromatic rings. The minimum atomic E-state index is -0.465. The number of hydrogen-bond acceptors (Lipinski definition) is 3. The monoisotopic (exact) mass is 568 g/mol. The Kier molecular flexibility index (Phi) is 5.21. The van der Waals surface area contributed by atoms with Crippen LogP contribution in [0.15, 0.2) is 150 Å². The molecule has 4 aromatic carbocycles. The molecule has 0 bridgehead atoms. The van der Waals surface area contributed by atoms with E-state index in [-0.39, 0.29) is 0 Å². The Morgan fingerprint density at radius 1 is 0.727 bits per heavy atom. The van der Waals surface area contributed by atoms with E-state index < -0.39 is 16.4 Å². The van der Waals surface area contributed by atoms with Gasteiger partial charge in [-0.2, -0.15) is 0 Å². The number of allylic oxidation sites excluding steroid dienone is 6. The van der Waals surface area contributed by atoms with E-state index in [1.165, 1.54) is 33.4 Å². The molecule has 0 amide bonds. The van der Waals surface area contributed by atoms with Crippen molar-refractivity contribution in [1.29, 1.82) is 0 Å². The molecule has 3 heteroatoms. The van der Waals surface area contributed by atoms with E-state index in [2.05, 4.69) is 129 Å². The van der Waals surface area contributed by atoms with Crippen LogP contribution in [-0.4, -0.2) is 15.6 Å². The summed E-state index contributed by atoms with van der Waals surface area (Å²) < 4.78 is 7.21. The van der Waals surface area contributed by atoms with Crippen molar-refractivity contribution in [3.8, 4) is 22.5 Å². The lowest BCUT2D eigenvalue weighted by Crippen LogP contribution is -2.50. The molecule has 44 heavy (non-hydrogen) atoms. The van der Waals surface area contributed by atoms with E-state index >= 15 is 0 Å². The third-order valence-corrected chi connectivity index (χ3v) is 10.2. The van der Waals surface area contributed by atoms with Gasteiger partial charge in [0.2, 0.25) is 0 Å². The molecule has 1 aliphatic heterocycles. The summed E-state index contributed by atoms with van der Waals surface area (Å²) in [6.45, 7) is 4.58. The zero-order chi connectivity index (χ0) is 29.5. The molecule has 2 heterocycles. The second kappa shape index (κ2) is 9.00. The quantitative estimate of drug-likeness (QED) is 0.213. The summed E-state index contributed by atoms with van der Waals surface area (Å²) in [5, 5.41) is 1.08. The van der Waals surface area contributed by atoms with Crippen LogP contribution in [0.5, 0.6) is 0 Å². The highest BCUT2D eigenvalue weighted by molar-refractivity contribution is 5.88. The van der Waals surface area contributed by atoms with Crippen molar-refractivity contribution in [3.63, 3.8) is 0 Å². The fraction of sp³-hybridized carbons (Fsp3) is 0.171. The van der Waals surface area contributed by atoms with Gasteiger partial charge >= 0.3 is 0 Å². The van der Waals surface area contributed by atoms with Gasteiger partial charge in [0.05, 0.1) is 16.6 Å². The van der Waals surface area contributed by atoms with E-state index in [0.717, 1.165) is 40.2 Å². The van der Waals surface area contributed by atoms with Crippen LogP contribution in [0.25, 0.3) is 33.4 Å². The van der Waals surface area contributed by atoms with Crippen molar-refractivity contribution in [2.45, 2.75) is 43.1 Å². The molecule has 0 N–H and O–H groups in total. The highest BCUT2D eigenvalue weighted by Crippen LogP contribution is 2.64. The van der Waals surface area contributed by atoms with Crippen LogP contribution in [-0.2, 0) is 15.6 Å². The van der Waals surface area contributed by atoms with Gasteiger partial charge in [0.15, 0.2) is 5.82 Å². The standard InChI is InChI=1S/C41H32N2O/c1-39(37-30-18-8-11-21-34(30)42-38(43-37)27-14-4-3-5-15-27)25-23-33-35(26-39)44-40(2)24-13-12-22-36(40)41(33)31-19-9-6-16-28(31)29-17-7-10-20-32(29)41/h3-23,25H,24,26H2,1-2H3. The number of ether oxygens (including phenoxy) is 1. The van der Waals surface area contributed by atoms with Gasteiger partial charge in [0.1, 0.15) is 11.4 Å². The fourth-order valence-corrected chi connectivity index (χ4v) is 8.26. The van der Waals surface area contributed by atoms with E-state index in [1.807, 2.05) is 18.2 Å². The lowest BCUT2D eigenvalue weighted by Gasteiger charge is -2.52. The lowest BCUT2D eigenvalue weighted by atomic mass is 9.57. The van der Waals surface area contributed by atoms with Crippen LogP contribution >= 0.6 is 0 Å². The van der Waals surface area contributed by atoms with Crippen molar-refractivity contribution < 1.29 is 4.74 Å². The zero-order valence-electron chi connectivity index (χ0n) is 24.9. The van der Waals surface area contributed by atoms with E-state index in [1.54, 1.807) is 0 Å². The molecule has 3 nitrogen and oxygen atoms in total. The molecule has 9 rings (SSSR count). The minimum absolute atomic E-state index is 0.397. The number of benzene rings is 4. The van der Waals surface area contributed by atoms with Gasteiger partial charge in [0.25, 0.3) is 0 Å². The van der Waals surface area contributed by atoms with Crippen LogP contribution < -0.4 is 0 Å².